The molecule has 92 valence electrons. The first-order chi connectivity index (χ1) is 7.90. The Hall–Kier alpha value is -1.04. The monoisotopic (exact) mass is 308 g/mol. The largest absolute Gasteiger partial charge is 0.481 e. The van der Waals surface area contributed by atoms with Gasteiger partial charge in [0.25, 0.3) is 0 Å². The lowest BCUT2D eigenvalue weighted by Gasteiger charge is -2.38. The van der Waals surface area contributed by atoms with Crippen molar-refractivity contribution in [3.05, 3.63) is 33.6 Å². The SMILES string of the molecule is O=C(O)C1(c2c(F)c(F)cc(Br)c2F)CCC1. The molecule has 0 bridgehead atoms. The van der Waals surface area contributed by atoms with E-state index >= 15 is 0 Å². The molecule has 6 heteroatoms. The van der Waals surface area contributed by atoms with Crippen LogP contribution in [0.2, 0.25) is 0 Å². The molecule has 2 rings (SSSR count). The number of rotatable bonds is 2. The molecule has 0 aliphatic heterocycles. The fraction of sp³-hybridized carbons (Fsp3) is 0.364. The summed E-state index contributed by atoms with van der Waals surface area (Å²) in [5, 5.41) is 9.10. The van der Waals surface area contributed by atoms with Crippen molar-refractivity contribution in [2.24, 2.45) is 0 Å². The lowest BCUT2D eigenvalue weighted by atomic mass is 9.64. The maximum Gasteiger partial charge on any atom is 0.314 e. The fourth-order valence-corrected chi connectivity index (χ4v) is 2.49. The number of carbonyl (C=O) groups is 1. The normalized spacial score (nSPS) is 17.6. The van der Waals surface area contributed by atoms with Crippen molar-refractivity contribution in [3.8, 4) is 0 Å². The van der Waals surface area contributed by atoms with Gasteiger partial charge in [-0.15, -0.1) is 0 Å². The molecule has 2 nitrogen and oxygen atoms in total. The molecular formula is C11H8BrF3O2. The Kier molecular flexibility index (Phi) is 2.93. The molecule has 17 heavy (non-hydrogen) atoms. The van der Waals surface area contributed by atoms with Gasteiger partial charge in [0.05, 0.1) is 9.89 Å². The zero-order valence-corrected chi connectivity index (χ0v) is 10.2. The highest BCUT2D eigenvalue weighted by Crippen LogP contribution is 2.47. The zero-order chi connectivity index (χ0) is 12.8. The number of hydrogen-bond acceptors (Lipinski definition) is 1. The van der Waals surface area contributed by atoms with Crippen molar-refractivity contribution in [1.29, 1.82) is 0 Å². The van der Waals surface area contributed by atoms with Gasteiger partial charge in [-0.3, -0.25) is 4.79 Å². The quantitative estimate of drug-likeness (QED) is 0.851. The molecule has 1 N–H and O–H groups in total. The molecule has 1 aliphatic rings. The molecule has 0 atom stereocenters. The highest BCUT2D eigenvalue weighted by atomic mass is 79.9. The summed E-state index contributed by atoms with van der Waals surface area (Å²) in [5.74, 6) is -5.02. The van der Waals surface area contributed by atoms with E-state index in [4.69, 9.17) is 5.11 Å². The van der Waals surface area contributed by atoms with Crippen LogP contribution in [0.25, 0.3) is 0 Å². The number of halogens is 4. The summed E-state index contributed by atoms with van der Waals surface area (Å²) in [6.07, 6.45) is 0.789. The van der Waals surface area contributed by atoms with Crippen LogP contribution in [0.1, 0.15) is 24.8 Å². The van der Waals surface area contributed by atoms with Crippen molar-refractivity contribution < 1.29 is 23.1 Å². The van der Waals surface area contributed by atoms with E-state index in [0.717, 1.165) is 0 Å². The summed E-state index contributed by atoms with van der Waals surface area (Å²) in [6, 6.07) is 0.655. The highest BCUT2D eigenvalue weighted by molar-refractivity contribution is 9.10. The van der Waals surface area contributed by atoms with E-state index in [1.165, 1.54) is 0 Å². The Labute approximate surface area is 104 Å². The van der Waals surface area contributed by atoms with Gasteiger partial charge in [-0.1, -0.05) is 6.42 Å². The second-order valence-corrected chi connectivity index (χ2v) is 4.94. The van der Waals surface area contributed by atoms with Crippen LogP contribution >= 0.6 is 15.9 Å². The second-order valence-electron chi connectivity index (χ2n) is 4.08. The molecule has 0 spiro atoms. The number of carboxylic acid groups (broad SMARTS) is 1. The standard InChI is InChI=1S/C11H8BrF3O2/c12-5-4-6(13)9(15)7(8(5)14)11(10(16)17)2-1-3-11/h4H,1-3H2,(H,16,17). The third-order valence-electron chi connectivity index (χ3n) is 3.21. The van der Waals surface area contributed by atoms with Gasteiger partial charge >= 0.3 is 5.97 Å². The van der Waals surface area contributed by atoms with Gasteiger partial charge in [0.15, 0.2) is 11.6 Å². The number of hydrogen-bond donors (Lipinski definition) is 1. The van der Waals surface area contributed by atoms with Crippen molar-refractivity contribution >= 4 is 21.9 Å². The van der Waals surface area contributed by atoms with E-state index in [9.17, 15) is 18.0 Å². The van der Waals surface area contributed by atoms with Crippen molar-refractivity contribution in [2.45, 2.75) is 24.7 Å². The minimum Gasteiger partial charge on any atom is -0.481 e. The average molecular weight is 309 g/mol. The predicted octanol–water partition coefficient (Wildman–Crippen LogP) is 3.37. The minimum absolute atomic E-state index is 0.117. The lowest BCUT2D eigenvalue weighted by molar-refractivity contribution is -0.147. The predicted molar refractivity (Wildman–Crippen MR) is 57.2 cm³/mol. The van der Waals surface area contributed by atoms with Crippen molar-refractivity contribution in [3.63, 3.8) is 0 Å². The topological polar surface area (TPSA) is 37.3 Å². The average Bonchev–Trinajstić information content (AvgIpc) is 2.18. The molecule has 0 saturated heterocycles. The summed E-state index contributed by atoms with van der Waals surface area (Å²) < 4.78 is 40.4. The molecule has 1 aromatic rings. The molecule has 1 fully saturated rings. The van der Waals surface area contributed by atoms with E-state index in [1.54, 1.807) is 0 Å². The summed E-state index contributed by atoms with van der Waals surface area (Å²) in [5.41, 5.74) is -2.30. The van der Waals surface area contributed by atoms with Gasteiger partial charge in [0.1, 0.15) is 5.82 Å². The van der Waals surface area contributed by atoms with E-state index in [1.807, 2.05) is 0 Å². The highest BCUT2D eigenvalue weighted by Gasteiger charge is 2.50. The van der Waals surface area contributed by atoms with Gasteiger partial charge in [-0.2, -0.15) is 0 Å². The molecule has 0 amide bonds. The van der Waals surface area contributed by atoms with E-state index < -0.39 is 34.4 Å². The molecule has 0 unspecified atom stereocenters. The van der Waals surface area contributed by atoms with Crippen molar-refractivity contribution in [2.75, 3.05) is 0 Å². The van der Waals surface area contributed by atoms with Crippen molar-refractivity contribution in [1.82, 2.24) is 0 Å². The van der Waals surface area contributed by atoms with E-state index in [2.05, 4.69) is 15.9 Å². The maximum atomic E-state index is 13.8. The zero-order valence-electron chi connectivity index (χ0n) is 8.57. The van der Waals surface area contributed by atoms with Gasteiger partial charge in [0, 0.05) is 5.56 Å². The molecule has 1 aliphatic carbocycles. The minimum atomic E-state index is -1.63. The summed E-state index contributed by atoms with van der Waals surface area (Å²) in [7, 11) is 0. The number of aliphatic carboxylic acids is 1. The first-order valence-electron chi connectivity index (χ1n) is 4.97. The van der Waals surface area contributed by atoms with Crippen LogP contribution in [-0.4, -0.2) is 11.1 Å². The summed E-state index contributed by atoms with van der Waals surface area (Å²) in [4.78, 5) is 11.2. The van der Waals surface area contributed by atoms with Crippen LogP contribution in [0.5, 0.6) is 0 Å². The second kappa shape index (κ2) is 4.01. The Balaban J connectivity index is 2.70. The smallest absolute Gasteiger partial charge is 0.314 e. The Morgan fingerprint density at radius 1 is 1.29 bits per heavy atom. The molecule has 0 aromatic heterocycles. The molecule has 1 aromatic carbocycles. The Morgan fingerprint density at radius 2 is 1.88 bits per heavy atom. The van der Waals surface area contributed by atoms with Gasteiger partial charge < -0.3 is 5.11 Å². The Bertz CT molecular complexity index is 472. The first-order valence-corrected chi connectivity index (χ1v) is 5.76. The third-order valence-corrected chi connectivity index (χ3v) is 3.78. The van der Waals surface area contributed by atoms with Crippen LogP contribution in [0.3, 0.4) is 0 Å². The number of benzene rings is 1. The summed E-state index contributed by atoms with van der Waals surface area (Å²) in [6.45, 7) is 0. The van der Waals surface area contributed by atoms with Crippen LogP contribution in [0, 0.1) is 17.5 Å². The molecule has 1 saturated carbocycles. The molecular weight excluding hydrogens is 301 g/mol. The van der Waals surface area contributed by atoms with Gasteiger partial charge in [0.2, 0.25) is 0 Å². The van der Waals surface area contributed by atoms with Gasteiger partial charge in [-0.25, -0.2) is 13.2 Å². The molecule has 0 heterocycles. The lowest BCUT2D eigenvalue weighted by Crippen LogP contribution is -2.44. The van der Waals surface area contributed by atoms with Crippen LogP contribution in [0.4, 0.5) is 13.2 Å². The van der Waals surface area contributed by atoms with Crippen LogP contribution in [-0.2, 0) is 10.2 Å². The third kappa shape index (κ3) is 1.66. The van der Waals surface area contributed by atoms with E-state index in [-0.39, 0.29) is 17.3 Å². The summed E-state index contributed by atoms with van der Waals surface area (Å²) >= 11 is 2.75. The van der Waals surface area contributed by atoms with Crippen LogP contribution < -0.4 is 0 Å². The van der Waals surface area contributed by atoms with Crippen LogP contribution in [0.15, 0.2) is 10.5 Å². The maximum absolute atomic E-state index is 13.8. The fourth-order valence-electron chi connectivity index (χ4n) is 2.09. The number of carboxylic acids is 1. The van der Waals surface area contributed by atoms with Gasteiger partial charge in [-0.05, 0) is 34.8 Å². The first kappa shape index (κ1) is 12.4. The molecule has 0 radical (unpaired) electrons. The van der Waals surface area contributed by atoms with E-state index in [0.29, 0.717) is 12.5 Å². The Morgan fingerprint density at radius 3 is 2.29 bits per heavy atom.